The largest absolute Gasteiger partial charge is 0.300 e. The zero-order valence-electron chi connectivity index (χ0n) is 12.3. The summed E-state index contributed by atoms with van der Waals surface area (Å²) >= 11 is 1.33. The first kappa shape index (κ1) is 15.0. The van der Waals surface area contributed by atoms with Crippen LogP contribution in [0.2, 0.25) is 0 Å². The first-order chi connectivity index (χ1) is 11.1. The van der Waals surface area contributed by atoms with Gasteiger partial charge in [0, 0.05) is 29.4 Å². The van der Waals surface area contributed by atoms with Crippen LogP contribution in [0.1, 0.15) is 5.69 Å². The Bertz CT molecular complexity index is 888. The molecular formula is C15H13N5O2S. The van der Waals surface area contributed by atoms with E-state index in [-0.39, 0.29) is 18.0 Å². The summed E-state index contributed by atoms with van der Waals surface area (Å²) in [6.45, 7) is 1.67. The van der Waals surface area contributed by atoms with Gasteiger partial charge in [0.15, 0.2) is 5.13 Å². The van der Waals surface area contributed by atoms with Crippen molar-refractivity contribution >= 4 is 22.4 Å². The molecule has 3 aromatic rings. The first-order valence-corrected chi connectivity index (χ1v) is 7.70. The van der Waals surface area contributed by atoms with Crippen molar-refractivity contribution in [2.75, 3.05) is 5.32 Å². The van der Waals surface area contributed by atoms with Gasteiger partial charge in [0.25, 0.3) is 5.56 Å². The molecule has 0 atom stereocenters. The fraction of sp³-hybridized carbons (Fsp3) is 0.133. The Balaban J connectivity index is 1.79. The van der Waals surface area contributed by atoms with E-state index in [1.165, 1.54) is 17.4 Å². The van der Waals surface area contributed by atoms with E-state index in [0.29, 0.717) is 10.8 Å². The number of amides is 1. The highest BCUT2D eigenvalue weighted by Crippen LogP contribution is 2.15. The maximum absolute atomic E-state index is 12.0. The predicted molar refractivity (Wildman–Crippen MR) is 87.2 cm³/mol. The van der Waals surface area contributed by atoms with Crippen molar-refractivity contribution < 1.29 is 4.79 Å². The predicted octanol–water partition coefficient (Wildman–Crippen LogP) is 1.71. The summed E-state index contributed by atoms with van der Waals surface area (Å²) in [5, 5.41) is 9.21. The lowest BCUT2D eigenvalue weighted by Crippen LogP contribution is -2.29. The fourth-order valence-corrected chi connectivity index (χ4v) is 2.64. The zero-order valence-corrected chi connectivity index (χ0v) is 13.1. The van der Waals surface area contributed by atoms with E-state index in [9.17, 15) is 9.59 Å². The topological polar surface area (TPSA) is 89.8 Å². The number of rotatable bonds is 4. The van der Waals surface area contributed by atoms with E-state index < -0.39 is 0 Å². The molecule has 0 radical (unpaired) electrons. The van der Waals surface area contributed by atoms with Gasteiger partial charge in [-0.15, -0.1) is 11.3 Å². The van der Waals surface area contributed by atoms with E-state index >= 15 is 0 Å². The van der Waals surface area contributed by atoms with Gasteiger partial charge in [-0.3, -0.25) is 14.6 Å². The molecule has 3 heterocycles. The van der Waals surface area contributed by atoms with Gasteiger partial charge in [-0.05, 0) is 25.1 Å². The number of hydrogen-bond donors (Lipinski definition) is 1. The normalized spacial score (nSPS) is 10.5. The first-order valence-electron chi connectivity index (χ1n) is 6.82. The van der Waals surface area contributed by atoms with Gasteiger partial charge < -0.3 is 5.32 Å². The summed E-state index contributed by atoms with van der Waals surface area (Å²) in [7, 11) is 0. The quantitative estimate of drug-likeness (QED) is 0.788. The van der Waals surface area contributed by atoms with Crippen molar-refractivity contribution in [3.63, 3.8) is 0 Å². The van der Waals surface area contributed by atoms with Crippen LogP contribution in [-0.4, -0.2) is 25.7 Å². The average Bonchev–Trinajstić information content (AvgIpc) is 2.95. The smallest absolute Gasteiger partial charge is 0.267 e. The molecule has 1 amide bonds. The van der Waals surface area contributed by atoms with E-state index in [2.05, 4.69) is 20.4 Å². The summed E-state index contributed by atoms with van der Waals surface area (Å²) < 4.78 is 1.12. The number of carbonyl (C=O) groups excluding carboxylic acids is 1. The lowest BCUT2D eigenvalue weighted by atomic mass is 10.2. The van der Waals surface area contributed by atoms with Crippen molar-refractivity contribution in [3.8, 4) is 11.3 Å². The summed E-state index contributed by atoms with van der Waals surface area (Å²) in [6, 6.07) is 6.61. The van der Waals surface area contributed by atoms with E-state index in [0.717, 1.165) is 15.9 Å². The number of thiazole rings is 1. The van der Waals surface area contributed by atoms with Crippen LogP contribution < -0.4 is 10.9 Å². The summed E-state index contributed by atoms with van der Waals surface area (Å²) in [5.41, 5.74) is 1.84. The summed E-state index contributed by atoms with van der Waals surface area (Å²) in [4.78, 5) is 32.1. The van der Waals surface area contributed by atoms with Crippen molar-refractivity contribution in [2.24, 2.45) is 0 Å². The second-order valence-corrected chi connectivity index (χ2v) is 5.66. The van der Waals surface area contributed by atoms with Gasteiger partial charge in [-0.25, -0.2) is 9.67 Å². The fourth-order valence-electron chi connectivity index (χ4n) is 1.94. The Hall–Kier alpha value is -2.87. The highest BCUT2D eigenvalue weighted by molar-refractivity contribution is 7.13. The third kappa shape index (κ3) is 3.67. The molecule has 0 aromatic carbocycles. The van der Waals surface area contributed by atoms with Gasteiger partial charge in [0.2, 0.25) is 5.91 Å². The van der Waals surface area contributed by atoms with E-state index in [4.69, 9.17) is 0 Å². The summed E-state index contributed by atoms with van der Waals surface area (Å²) in [6.07, 6.45) is 3.30. The van der Waals surface area contributed by atoms with E-state index in [1.807, 2.05) is 18.4 Å². The van der Waals surface area contributed by atoms with Crippen molar-refractivity contribution in [3.05, 3.63) is 58.1 Å². The maximum atomic E-state index is 12.0. The zero-order chi connectivity index (χ0) is 16.2. The molecule has 0 saturated heterocycles. The highest BCUT2D eigenvalue weighted by atomic mass is 32.1. The van der Waals surface area contributed by atoms with Gasteiger partial charge in [0.1, 0.15) is 6.54 Å². The molecule has 0 aliphatic rings. The van der Waals surface area contributed by atoms with Crippen LogP contribution in [0.5, 0.6) is 0 Å². The Labute approximate surface area is 135 Å². The molecule has 3 aromatic heterocycles. The number of nitrogens with one attached hydrogen (secondary N) is 1. The molecule has 23 heavy (non-hydrogen) atoms. The number of carbonyl (C=O) groups is 1. The monoisotopic (exact) mass is 327 g/mol. The average molecular weight is 327 g/mol. The number of aryl methyl sites for hydroxylation is 1. The summed E-state index contributed by atoms with van der Waals surface area (Å²) in [5.74, 6) is -0.350. The molecule has 0 spiro atoms. The molecule has 8 heteroatoms. The lowest BCUT2D eigenvalue weighted by Gasteiger charge is -2.06. The van der Waals surface area contributed by atoms with Gasteiger partial charge in [-0.1, -0.05) is 0 Å². The molecule has 0 bridgehead atoms. The molecule has 1 N–H and O–H groups in total. The molecule has 0 aliphatic heterocycles. The van der Waals surface area contributed by atoms with Gasteiger partial charge in [-0.2, -0.15) is 5.10 Å². The number of anilines is 1. The van der Waals surface area contributed by atoms with Crippen LogP contribution in [0.4, 0.5) is 5.13 Å². The van der Waals surface area contributed by atoms with Crippen LogP contribution in [-0.2, 0) is 11.3 Å². The van der Waals surface area contributed by atoms with Crippen molar-refractivity contribution in [1.29, 1.82) is 0 Å². The number of pyridine rings is 1. The Morgan fingerprint density at radius 2 is 2.22 bits per heavy atom. The molecular weight excluding hydrogens is 314 g/mol. The third-order valence-corrected chi connectivity index (χ3v) is 3.86. The molecule has 0 saturated carbocycles. The van der Waals surface area contributed by atoms with Gasteiger partial charge in [0.05, 0.1) is 11.4 Å². The second kappa shape index (κ2) is 6.49. The molecule has 0 unspecified atom stereocenters. The van der Waals surface area contributed by atoms with Crippen LogP contribution in [0.15, 0.2) is 46.8 Å². The third-order valence-electron chi connectivity index (χ3n) is 2.98. The van der Waals surface area contributed by atoms with E-state index in [1.54, 1.807) is 24.5 Å². The number of aromatic nitrogens is 4. The Morgan fingerprint density at radius 1 is 1.35 bits per heavy atom. The van der Waals surface area contributed by atoms with Crippen molar-refractivity contribution in [2.45, 2.75) is 13.5 Å². The molecule has 7 nitrogen and oxygen atoms in total. The SMILES string of the molecule is Cc1csc(NC(=O)Cn2nc(-c3cccnc3)ccc2=O)n1. The lowest BCUT2D eigenvalue weighted by molar-refractivity contribution is -0.117. The molecule has 0 fully saturated rings. The van der Waals surface area contributed by atoms with Crippen LogP contribution >= 0.6 is 11.3 Å². The highest BCUT2D eigenvalue weighted by Gasteiger charge is 2.10. The van der Waals surface area contributed by atoms with Crippen LogP contribution in [0, 0.1) is 6.92 Å². The van der Waals surface area contributed by atoms with Crippen LogP contribution in [0.3, 0.4) is 0 Å². The minimum atomic E-state index is -0.350. The number of nitrogens with zero attached hydrogens (tertiary/aromatic N) is 4. The van der Waals surface area contributed by atoms with Gasteiger partial charge >= 0.3 is 0 Å². The van der Waals surface area contributed by atoms with Crippen molar-refractivity contribution in [1.82, 2.24) is 19.7 Å². The minimum Gasteiger partial charge on any atom is -0.300 e. The molecule has 116 valence electrons. The number of hydrogen-bond acceptors (Lipinski definition) is 6. The standard InChI is InChI=1S/C15H13N5O2S/c1-10-9-23-15(17-10)18-13(21)8-20-14(22)5-4-12(19-20)11-3-2-6-16-7-11/h2-7,9H,8H2,1H3,(H,17,18,21). The molecule has 3 rings (SSSR count). The second-order valence-electron chi connectivity index (χ2n) is 4.80. The Morgan fingerprint density at radius 3 is 2.91 bits per heavy atom. The Kier molecular flexibility index (Phi) is 4.24. The van der Waals surface area contributed by atoms with Crippen LogP contribution in [0.25, 0.3) is 11.3 Å². The molecule has 0 aliphatic carbocycles. The minimum absolute atomic E-state index is 0.175. The maximum Gasteiger partial charge on any atom is 0.267 e.